The molecule has 2 atom stereocenters. The molecule has 1 aliphatic carbocycles. The molecule has 0 bridgehead atoms. The lowest BCUT2D eigenvalue weighted by molar-refractivity contribution is -0.121. The number of carbonyl (C=O) groups excluding carboxylic acids is 1. The van der Waals surface area contributed by atoms with Crippen molar-refractivity contribution in [3.05, 3.63) is 0 Å². The first-order valence-corrected chi connectivity index (χ1v) is 6.50. The van der Waals surface area contributed by atoms with E-state index in [4.69, 9.17) is 81.2 Å². The van der Waals surface area contributed by atoms with E-state index in [2.05, 4.69) is 0 Å². The van der Waals surface area contributed by atoms with Gasteiger partial charge in [0.25, 0.3) is 0 Å². The summed E-state index contributed by atoms with van der Waals surface area (Å²) >= 11 is 41.0. The zero-order valence-electron chi connectivity index (χ0n) is 7.21. The van der Waals surface area contributed by atoms with Crippen molar-refractivity contribution in [2.45, 2.75) is 31.2 Å². The van der Waals surface area contributed by atoms with E-state index in [1.165, 1.54) is 6.92 Å². The van der Waals surface area contributed by atoms with Crippen LogP contribution in [-0.4, -0.2) is 30.1 Å². The van der Waals surface area contributed by atoms with Crippen LogP contribution < -0.4 is 0 Å². The second-order valence-corrected chi connectivity index (χ2v) is 7.91. The average molecular weight is 353 g/mol. The van der Waals surface area contributed by atoms with Crippen LogP contribution in [0.5, 0.6) is 0 Å². The molecule has 2 unspecified atom stereocenters. The molecule has 88 valence electrons. The molecule has 1 aliphatic rings. The minimum atomic E-state index is -1.97. The largest absolute Gasteiger partial charge is 0.293 e. The molecule has 1 saturated carbocycles. The summed E-state index contributed by atoms with van der Waals surface area (Å²) in [4.78, 5) is 10.4. The first kappa shape index (κ1) is 14.8. The normalized spacial score (nSPS) is 44.1. The van der Waals surface area contributed by atoms with Crippen LogP contribution in [0.1, 0.15) is 6.92 Å². The highest BCUT2D eigenvalue weighted by molar-refractivity contribution is 6.73. The Morgan fingerprint density at radius 1 is 0.933 bits per heavy atom. The molecule has 0 aromatic carbocycles. The van der Waals surface area contributed by atoms with Crippen LogP contribution in [0.3, 0.4) is 0 Å². The van der Waals surface area contributed by atoms with E-state index < -0.39 is 30.1 Å². The Morgan fingerprint density at radius 3 is 1.47 bits per heavy atom. The molecule has 0 aromatic rings. The first-order valence-electron chi connectivity index (χ1n) is 3.74. The summed E-state index contributed by atoms with van der Waals surface area (Å²) < 4.78 is -3.93. The van der Waals surface area contributed by atoms with Crippen LogP contribution >= 0.6 is 81.2 Å². The Bertz CT molecular complexity index is 272. The molecule has 0 heterocycles. The zero-order valence-corrected chi connectivity index (χ0v) is 12.5. The number of carbonyl (C=O) groups is 1. The molecule has 1 rings (SSSR count). The number of ketones is 1. The van der Waals surface area contributed by atoms with Crippen LogP contribution in [-0.2, 0) is 4.79 Å². The third-order valence-electron chi connectivity index (χ3n) is 2.23. The number of rotatable bonds is 0. The van der Waals surface area contributed by atoms with E-state index in [9.17, 15) is 4.79 Å². The number of halogens is 7. The molecule has 0 N–H and O–H groups in total. The maximum absolute atomic E-state index is 11.7. The molecule has 0 spiro atoms. The summed E-state index contributed by atoms with van der Waals surface area (Å²) in [5.41, 5.74) is 0. The minimum absolute atomic E-state index is 0.861. The van der Waals surface area contributed by atoms with Crippen LogP contribution in [0.25, 0.3) is 0 Å². The monoisotopic (exact) mass is 350 g/mol. The van der Waals surface area contributed by atoms with Crippen LogP contribution in [0, 0.1) is 0 Å². The summed E-state index contributed by atoms with van der Waals surface area (Å²) in [6, 6.07) is 0. The third kappa shape index (κ3) is 2.07. The highest BCUT2D eigenvalue weighted by Crippen LogP contribution is 2.55. The fourth-order valence-electron chi connectivity index (χ4n) is 1.29. The molecule has 0 aliphatic heterocycles. The zero-order chi connectivity index (χ0) is 12.2. The predicted octanol–water partition coefficient (Wildman–Crippen LogP) is 4.13. The van der Waals surface area contributed by atoms with Gasteiger partial charge in [-0.25, -0.2) is 0 Å². The van der Waals surface area contributed by atoms with E-state index in [1.807, 2.05) is 0 Å². The lowest BCUT2D eigenvalue weighted by Crippen LogP contribution is -2.66. The quantitative estimate of drug-likeness (QED) is 0.599. The lowest BCUT2D eigenvalue weighted by atomic mass is 9.86. The molecular formula is C7H5Cl7O. The van der Waals surface area contributed by atoms with Crippen molar-refractivity contribution < 1.29 is 4.79 Å². The smallest absolute Gasteiger partial charge is 0.207 e. The molecule has 0 saturated heterocycles. The van der Waals surface area contributed by atoms with Gasteiger partial charge in [0.2, 0.25) is 5.78 Å². The second-order valence-electron chi connectivity index (χ2n) is 3.45. The summed E-state index contributed by atoms with van der Waals surface area (Å²) in [5, 5.41) is -2.20. The van der Waals surface area contributed by atoms with Gasteiger partial charge in [0.15, 0.2) is 8.67 Å². The molecule has 1 nitrogen and oxygen atoms in total. The van der Waals surface area contributed by atoms with Crippen molar-refractivity contribution in [1.29, 1.82) is 0 Å². The van der Waals surface area contributed by atoms with Gasteiger partial charge in [-0.1, -0.05) is 46.4 Å². The Morgan fingerprint density at radius 2 is 1.20 bits per heavy atom. The lowest BCUT2D eigenvalue weighted by Gasteiger charge is -2.47. The van der Waals surface area contributed by atoms with Gasteiger partial charge >= 0.3 is 0 Å². The van der Waals surface area contributed by atoms with Crippen molar-refractivity contribution in [3.63, 3.8) is 0 Å². The van der Waals surface area contributed by atoms with Gasteiger partial charge in [-0.05, 0) is 6.92 Å². The number of Topliss-reactive ketones (excluding diaryl/α,β-unsaturated/α-hetero) is 1. The molecule has 8 heteroatoms. The first-order chi connectivity index (χ1) is 6.46. The Kier molecular flexibility index (Phi) is 4.05. The van der Waals surface area contributed by atoms with Gasteiger partial charge in [0.05, 0.1) is 15.6 Å². The molecular weight excluding hydrogens is 348 g/mol. The standard InChI is InChI=1S/C7H5Cl7O/c1-5(10)2(8)6(11,12)4(15)7(13,14)3(5)9/h2-3H,1H3. The van der Waals surface area contributed by atoms with Crippen molar-refractivity contribution >= 4 is 87.0 Å². The minimum Gasteiger partial charge on any atom is -0.293 e. The maximum Gasteiger partial charge on any atom is 0.207 e. The summed E-state index contributed by atoms with van der Waals surface area (Å²) in [6.07, 6.45) is 0. The van der Waals surface area contributed by atoms with Gasteiger partial charge in [0.1, 0.15) is 0 Å². The van der Waals surface area contributed by atoms with Crippen molar-refractivity contribution in [1.82, 2.24) is 0 Å². The van der Waals surface area contributed by atoms with Crippen molar-refractivity contribution in [2.75, 3.05) is 0 Å². The summed E-state index contributed by atoms with van der Waals surface area (Å²) in [5.74, 6) is -0.861. The fraction of sp³-hybridized carbons (Fsp3) is 0.857. The molecule has 0 aromatic heterocycles. The third-order valence-corrected chi connectivity index (χ3v) is 6.46. The molecule has 1 fully saturated rings. The van der Waals surface area contributed by atoms with Gasteiger partial charge < -0.3 is 0 Å². The van der Waals surface area contributed by atoms with Gasteiger partial charge in [-0.15, -0.1) is 34.8 Å². The number of hydrogen-bond donors (Lipinski definition) is 0. The SMILES string of the molecule is CC1(Cl)C(Cl)C(Cl)(Cl)C(=O)C(Cl)(Cl)C1Cl. The van der Waals surface area contributed by atoms with E-state index in [1.54, 1.807) is 0 Å². The van der Waals surface area contributed by atoms with Crippen molar-refractivity contribution in [2.24, 2.45) is 0 Å². The van der Waals surface area contributed by atoms with E-state index in [-0.39, 0.29) is 0 Å². The predicted molar refractivity (Wildman–Crippen MR) is 67.4 cm³/mol. The molecule has 15 heavy (non-hydrogen) atoms. The Labute approximate surface area is 122 Å². The summed E-state index contributed by atoms with van der Waals surface area (Å²) in [7, 11) is 0. The van der Waals surface area contributed by atoms with E-state index in [0.29, 0.717) is 0 Å². The summed E-state index contributed by atoms with van der Waals surface area (Å²) in [6.45, 7) is 1.47. The average Bonchev–Trinajstić information content (AvgIpc) is 2.12. The highest BCUT2D eigenvalue weighted by Gasteiger charge is 2.68. The maximum atomic E-state index is 11.7. The topological polar surface area (TPSA) is 17.1 Å². The van der Waals surface area contributed by atoms with Gasteiger partial charge in [0, 0.05) is 0 Å². The van der Waals surface area contributed by atoms with Crippen LogP contribution in [0.15, 0.2) is 0 Å². The van der Waals surface area contributed by atoms with Crippen LogP contribution in [0.4, 0.5) is 0 Å². The van der Waals surface area contributed by atoms with Crippen LogP contribution in [0.2, 0.25) is 0 Å². The highest BCUT2D eigenvalue weighted by atomic mass is 35.5. The van der Waals surface area contributed by atoms with Gasteiger partial charge in [-0.3, -0.25) is 4.79 Å². The van der Waals surface area contributed by atoms with Gasteiger partial charge in [-0.2, -0.15) is 0 Å². The molecule has 0 radical (unpaired) electrons. The van der Waals surface area contributed by atoms with E-state index in [0.717, 1.165) is 0 Å². The Hall–Kier alpha value is 1.70. The fourth-order valence-corrected chi connectivity index (χ4v) is 4.05. The Balaban J connectivity index is 3.30. The molecule has 0 amide bonds. The van der Waals surface area contributed by atoms with Crippen molar-refractivity contribution in [3.8, 4) is 0 Å². The number of hydrogen-bond acceptors (Lipinski definition) is 1. The number of alkyl halides is 7. The second kappa shape index (κ2) is 4.12. The van der Waals surface area contributed by atoms with E-state index >= 15 is 0 Å².